The van der Waals surface area contributed by atoms with E-state index in [0.29, 0.717) is 12.2 Å². The Hall–Kier alpha value is -3.55. The fourth-order valence-corrected chi connectivity index (χ4v) is 3.49. The second-order valence-electron chi connectivity index (χ2n) is 7.85. The largest absolute Gasteiger partial charge is 0.459 e. The van der Waals surface area contributed by atoms with Gasteiger partial charge in [-0.1, -0.05) is 12.1 Å². The fraction of sp³-hybridized carbons (Fsp3) is 0.375. The molecule has 32 heavy (non-hydrogen) atoms. The van der Waals surface area contributed by atoms with Gasteiger partial charge >= 0.3 is 0 Å². The van der Waals surface area contributed by atoms with Crippen LogP contribution in [0.5, 0.6) is 0 Å². The molecule has 0 fully saturated rings. The van der Waals surface area contributed by atoms with Crippen molar-refractivity contribution >= 4 is 17.6 Å². The Morgan fingerprint density at radius 2 is 1.97 bits per heavy atom. The Balaban J connectivity index is 1.58. The number of hydrogen-bond donors (Lipinski definition) is 3. The minimum atomic E-state index is -0.271. The van der Waals surface area contributed by atoms with Crippen LogP contribution in [0.15, 0.2) is 52.1 Å². The molecule has 3 N–H and O–H groups in total. The highest BCUT2D eigenvalue weighted by Crippen LogP contribution is 2.15. The van der Waals surface area contributed by atoms with E-state index < -0.39 is 0 Å². The molecular formula is C24H32N6O2. The Labute approximate surface area is 189 Å². The van der Waals surface area contributed by atoms with E-state index in [9.17, 15) is 4.79 Å². The number of hydrogen-bond acceptors (Lipinski definition) is 4. The molecule has 8 heteroatoms. The number of aliphatic imine (C=N–C) groups is 1. The van der Waals surface area contributed by atoms with E-state index in [0.717, 1.165) is 30.2 Å². The maximum atomic E-state index is 12.1. The quantitative estimate of drug-likeness (QED) is 0.371. The van der Waals surface area contributed by atoms with E-state index in [1.165, 1.54) is 17.5 Å². The lowest BCUT2D eigenvalue weighted by molar-refractivity contribution is 0.0996. The van der Waals surface area contributed by atoms with Crippen LogP contribution in [-0.4, -0.2) is 34.2 Å². The van der Waals surface area contributed by atoms with Crippen LogP contribution < -0.4 is 16.0 Å². The van der Waals surface area contributed by atoms with Crippen LogP contribution in [0.2, 0.25) is 0 Å². The van der Waals surface area contributed by atoms with Crippen LogP contribution in [0, 0.1) is 13.8 Å². The van der Waals surface area contributed by atoms with Crippen molar-refractivity contribution in [1.29, 1.82) is 0 Å². The van der Waals surface area contributed by atoms with Crippen molar-refractivity contribution in [3.05, 3.63) is 70.9 Å². The van der Waals surface area contributed by atoms with Crippen LogP contribution in [0.3, 0.4) is 0 Å². The predicted octanol–water partition coefficient (Wildman–Crippen LogP) is 3.57. The van der Waals surface area contributed by atoms with E-state index in [1.807, 2.05) is 42.9 Å². The highest BCUT2D eigenvalue weighted by Gasteiger charge is 2.14. The Bertz CT molecular complexity index is 1050. The Morgan fingerprint density at radius 1 is 1.22 bits per heavy atom. The van der Waals surface area contributed by atoms with Gasteiger partial charge in [0.05, 0.1) is 18.5 Å². The maximum Gasteiger partial charge on any atom is 0.291 e. The number of guanidine groups is 1. The van der Waals surface area contributed by atoms with Gasteiger partial charge in [0.2, 0.25) is 0 Å². The molecule has 1 unspecified atom stereocenters. The predicted molar refractivity (Wildman–Crippen MR) is 127 cm³/mol. The van der Waals surface area contributed by atoms with Crippen molar-refractivity contribution < 1.29 is 9.21 Å². The topological polar surface area (TPSA) is 96.5 Å². The van der Waals surface area contributed by atoms with Gasteiger partial charge in [-0.25, -0.2) is 4.99 Å². The van der Waals surface area contributed by atoms with Crippen LogP contribution in [0.25, 0.3) is 0 Å². The minimum Gasteiger partial charge on any atom is -0.459 e. The molecule has 0 aliphatic carbocycles. The molecule has 1 aromatic carbocycles. The van der Waals surface area contributed by atoms with Crippen LogP contribution in [0.4, 0.5) is 5.69 Å². The summed E-state index contributed by atoms with van der Waals surface area (Å²) in [6.07, 6.45) is 2.35. The molecule has 0 bridgehead atoms. The molecule has 0 aliphatic rings. The lowest BCUT2D eigenvalue weighted by Crippen LogP contribution is -2.43. The summed E-state index contributed by atoms with van der Waals surface area (Å²) >= 11 is 0. The molecule has 8 nitrogen and oxygen atoms in total. The Morgan fingerprint density at radius 3 is 2.56 bits per heavy atom. The average Bonchev–Trinajstić information content (AvgIpc) is 3.38. The fourth-order valence-electron chi connectivity index (χ4n) is 3.49. The molecular weight excluding hydrogens is 404 g/mol. The first-order valence-corrected chi connectivity index (χ1v) is 10.8. The number of furan rings is 1. The lowest BCUT2D eigenvalue weighted by atomic mass is 10.1. The van der Waals surface area contributed by atoms with Gasteiger partial charge in [0, 0.05) is 31.0 Å². The summed E-state index contributed by atoms with van der Waals surface area (Å²) in [5.74, 6) is 0.785. The summed E-state index contributed by atoms with van der Waals surface area (Å²) in [7, 11) is 1.98. The van der Waals surface area contributed by atoms with Crippen LogP contribution >= 0.6 is 0 Å². The molecule has 0 radical (unpaired) electrons. The van der Waals surface area contributed by atoms with Gasteiger partial charge in [-0.2, -0.15) is 5.10 Å². The number of carbonyl (C=O) groups is 1. The molecule has 0 spiro atoms. The third-order valence-electron chi connectivity index (χ3n) is 5.27. The summed E-state index contributed by atoms with van der Waals surface area (Å²) in [6.45, 7) is 9.65. The molecule has 1 atom stereocenters. The number of benzene rings is 1. The number of aromatic nitrogens is 2. The maximum absolute atomic E-state index is 12.1. The number of aryl methyl sites for hydroxylation is 2. The standard InChI is InChI=1S/C24H32N6O2/c1-6-25-24(27-16(2)14-21-17(3)29-30(5)18(21)4)26-15-19-9-11-20(12-10-19)28-23(31)22-8-7-13-32-22/h7-13,16H,6,14-15H2,1-5H3,(H,28,31)(H2,25,26,27). The van der Waals surface area contributed by atoms with E-state index in [-0.39, 0.29) is 17.7 Å². The number of carbonyl (C=O) groups excluding carboxylic acids is 1. The monoisotopic (exact) mass is 436 g/mol. The SMILES string of the molecule is CCNC(=NCc1ccc(NC(=O)c2ccco2)cc1)NC(C)Cc1c(C)nn(C)c1C. The smallest absolute Gasteiger partial charge is 0.291 e. The number of rotatable bonds is 8. The van der Waals surface area contributed by atoms with Crippen molar-refractivity contribution in [2.75, 3.05) is 11.9 Å². The number of nitrogens with one attached hydrogen (secondary N) is 3. The first kappa shape index (κ1) is 23.1. The zero-order valence-corrected chi connectivity index (χ0v) is 19.4. The lowest BCUT2D eigenvalue weighted by Gasteiger charge is -2.18. The van der Waals surface area contributed by atoms with E-state index in [4.69, 9.17) is 9.41 Å². The van der Waals surface area contributed by atoms with Gasteiger partial charge in [0.25, 0.3) is 5.91 Å². The summed E-state index contributed by atoms with van der Waals surface area (Å²) < 4.78 is 7.04. The van der Waals surface area contributed by atoms with Gasteiger partial charge in [-0.15, -0.1) is 0 Å². The van der Waals surface area contributed by atoms with Crippen LogP contribution in [0.1, 0.15) is 46.9 Å². The van der Waals surface area contributed by atoms with Gasteiger partial charge in [0.1, 0.15) is 0 Å². The van der Waals surface area contributed by atoms with Crippen molar-refractivity contribution in [3.8, 4) is 0 Å². The molecule has 170 valence electrons. The van der Waals surface area contributed by atoms with Crippen molar-refractivity contribution in [2.45, 2.75) is 46.7 Å². The molecule has 3 aromatic rings. The second kappa shape index (κ2) is 10.7. The summed E-state index contributed by atoms with van der Waals surface area (Å²) in [5.41, 5.74) is 5.29. The first-order valence-electron chi connectivity index (χ1n) is 10.8. The third-order valence-corrected chi connectivity index (χ3v) is 5.27. The van der Waals surface area contributed by atoms with E-state index in [1.54, 1.807) is 12.1 Å². The first-order chi connectivity index (χ1) is 15.4. The summed E-state index contributed by atoms with van der Waals surface area (Å²) in [4.78, 5) is 16.8. The van der Waals surface area contributed by atoms with Crippen LogP contribution in [-0.2, 0) is 20.0 Å². The molecule has 0 saturated heterocycles. The summed E-state index contributed by atoms with van der Waals surface area (Å²) in [5, 5.41) is 14.1. The number of nitrogens with zero attached hydrogens (tertiary/aromatic N) is 3. The average molecular weight is 437 g/mol. The zero-order valence-electron chi connectivity index (χ0n) is 19.4. The molecule has 0 aliphatic heterocycles. The second-order valence-corrected chi connectivity index (χ2v) is 7.85. The van der Waals surface area contributed by atoms with Gasteiger partial charge in [-0.3, -0.25) is 9.48 Å². The highest BCUT2D eigenvalue weighted by molar-refractivity contribution is 6.02. The van der Waals surface area contributed by atoms with Gasteiger partial charge in [-0.05, 0) is 69.5 Å². The molecule has 0 saturated carbocycles. The van der Waals surface area contributed by atoms with E-state index in [2.05, 4.69) is 41.8 Å². The van der Waals surface area contributed by atoms with Gasteiger partial charge < -0.3 is 20.4 Å². The van der Waals surface area contributed by atoms with E-state index >= 15 is 0 Å². The normalized spacial score (nSPS) is 12.5. The van der Waals surface area contributed by atoms with Crippen molar-refractivity contribution in [3.63, 3.8) is 0 Å². The minimum absolute atomic E-state index is 0.202. The Kier molecular flexibility index (Phi) is 7.70. The highest BCUT2D eigenvalue weighted by atomic mass is 16.3. The van der Waals surface area contributed by atoms with Gasteiger partial charge in [0.15, 0.2) is 11.7 Å². The van der Waals surface area contributed by atoms with Crippen molar-refractivity contribution in [2.24, 2.45) is 12.0 Å². The summed E-state index contributed by atoms with van der Waals surface area (Å²) in [6, 6.07) is 11.2. The molecule has 2 aromatic heterocycles. The molecule has 3 rings (SSSR count). The van der Waals surface area contributed by atoms with Crippen molar-refractivity contribution in [1.82, 2.24) is 20.4 Å². The third kappa shape index (κ3) is 6.00. The molecule has 1 amide bonds. The number of anilines is 1. The zero-order chi connectivity index (χ0) is 23.1. The number of amides is 1. The molecule has 2 heterocycles.